The van der Waals surface area contributed by atoms with E-state index < -0.39 is 5.97 Å². The largest absolute Gasteiger partial charge is 0.480 e. The van der Waals surface area contributed by atoms with Crippen molar-refractivity contribution >= 4 is 5.97 Å². The molecule has 0 aromatic carbocycles. The molecule has 0 heterocycles. The average Bonchev–Trinajstić information content (AvgIpc) is 2.03. The minimum Gasteiger partial charge on any atom is -0.480 e. The first-order valence-electron chi connectivity index (χ1n) is 4.69. The maximum atomic E-state index is 10.1. The van der Waals surface area contributed by atoms with Gasteiger partial charge in [0.2, 0.25) is 0 Å². The molecule has 0 rings (SSSR count). The summed E-state index contributed by atoms with van der Waals surface area (Å²) in [6.45, 7) is 5.22. The lowest BCUT2D eigenvalue weighted by Gasteiger charge is -2.11. The number of hydrogen-bond acceptors (Lipinski definition) is 3. The Bertz CT molecular complexity index is 139. The van der Waals surface area contributed by atoms with Crippen LogP contribution in [-0.4, -0.2) is 36.9 Å². The molecular formula is C9H19NO3. The molecule has 2 N–H and O–H groups in total. The predicted octanol–water partition coefficient (Wildman–Crippen LogP) is 0.866. The molecule has 0 amide bonds. The van der Waals surface area contributed by atoms with Crippen LogP contribution in [0.5, 0.6) is 0 Å². The van der Waals surface area contributed by atoms with E-state index in [4.69, 9.17) is 9.84 Å². The van der Waals surface area contributed by atoms with Crippen LogP contribution < -0.4 is 5.32 Å². The molecule has 1 atom stereocenters. The monoisotopic (exact) mass is 189 g/mol. The first kappa shape index (κ1) is 12.4. The van der Waals surface area contributed by atoms with Crippen molar-refractivity contribution in [3.8, 4) is 0 Å². The lowest BCUT2D eigenvalue weighted by atomic mass is 10.2. The van der Waals surface area contributed by atoms with Crippen LogP contribution in [0.3, 0.4) is 0 Å². The summed E-state index contributed by atoms with van der Waals surface area (Å²) in [5, 5.41) is 11.5. The van der Waals surface area contributed by atoms with Crippen molar-refractivity contribution < 1.29 is 14.6 Å². The molecule has 0 saturated heterocycles. The lowest BCUT2D eigenvalue weighted by Crippen LogP contribution is -2.29. The molecule has 0 radical (unpaired) electrons. The number of hydrogen-bond donors (Lipinski definition) is 2. The molecule has 0 bridgehead atoms. The summed E-state index contributed by atoms with van der Waals surface area (Å²) in [6.07, 6.45) is 2.29. The van der Waals surface area contributed by atoms with Gasteiger partial charge in [0.05, 0.1) is 6.61 Å². The van der Waals surface area contributed by atoms with Gasteiger partial charge in [0.25, 0.3) is 0 Å². The van der Waals surface area contributed by atoms with Gasteiger partial charge in [-0.05, 0) is 13.3 Å². The SMILES string of the molecule is CCCC(C)NCCOCC(=O)O. The summed E-state index contributed by atoms with van der Waals surface area (Å²) in [6, 6.07) is 0.485. The van der Waals surface area contributed by atoms with Crippen LogP contribution in [-0.2, 0) is 9.53 Å². The third-order valence-corrected chi connectivity index (χ3v) is 1.69. The second-order valence-corrected chi connectivity index (χ2v) is 3.09. The molecule has 1 unspecified atom stereocenters. The lowest BCUT2D eigenvalue weighted by molar-refractivity contribution is -0.142. The van der Waals surface area contributed by atoms with Crippen LogP contribution in [0.15, 0.2) is 0 Å². The highest BCUT2D eigenvalue weighted by molar-refractivity contribution is 5.67. The number of nitrogens with one attached hydrogen (secondary N) is 1. The molecule has 0 aliphatic rings. The Hall–Kier alpha value is -0.610. The minimum atomic E-state index is -0.915. The molecule has 0 fully saturated rings. The van der Waals surface area contributed by atoms with Gasteiger partial charge in [-0.1, -0.05) is 13.3 Å². The third kappa shape index (κ3) is 9.30. The molecule has 13 heavy (non-hydrogen) atoms. The molecule has 0 aromatic rings. The van der Waals surface area contributed by atoms with Crippen molar-refractivity contribution in [2.45, 2.75) is 32.7 Å². The van der Waals surface area contributed by atoms with Gasteiger partial charge in [0.15, 0.2) is 0 Å². The molecule has 4 nitrogen and oxygen atoms in total. The van der Waals surface area contributed by atoms with Gasteiger partial charge in [0, 0.05) is 12.6 Å². The molecule has 78 valence electrons. The normalized spacial score (nSPS) is 12.8. The topological polar surface area (TPSA) is 58.6 Å². The Morgan fingerprint density at radius 3 is 2.85 bits per heavy atom. The number of ether oxygens (including phenoxy) is 1. The minimum absolute atomic E-state index is 0.205. The summed E-state index contributed by atoms with van der Waals surface area (Å²) in [5.41, 5.74) is 0. The molecular weight excluding hydrogens is 170 g/mol. The number of aliphatic carboxylic acids is 1. The Morgan fingerprint density at radius 1 is 1.62 bits per heavy atom. The van der Waals surface area contributed by atoms with Crippen molar-refractivity contribution in [3.63, 3.8) is 0 Å². The Morgan fingerprint density at radius 2 is 2.31 bits per heavy atom. The number of carbonyl (C=O) groups is 1. The van der Waals surface area contributed by atoms with Crippen LogP contribution in [0.2, 0.25) is 0 Å². The highest BCUT2D eigenvalue weighted by Gasteiger charge is 1.99. The molecule has 0 aromatic heterocycles. The van der Waals surface area contributed by atoms with Crippen molar-refractivity contribution in [1.29, 1.82) is 0 Å². The van der Waals surface area contributed by atoms with Gasteiger partial charge in [-0.15, -0.1) is 0 Å². The third-order valence-electron chi connectivity index (χ3n) is 1.69. The zero-order valence-electron chi connectivity index (χ0n) is 8.38. The average molecular weight is 189 g/mol. The smallest absolute Gasteiger partial charge is 0.329 e. The second kappa shape index (κ2) is 8.01. The molecule has 0 aliphatic heterocycles. The van der Waals surface area contributed by atoms with Crippen LogP contribution in [0.1, 0.15) is 26.7 Å². The first-order valence-corrected chi connectivity index (χ1v) is 4.69. The van der Waals surface area contributed by atoms with Gasteiger partial charge in [-0.25, -0.2) is 4.79 Å². The molecule has 0 aliphatic carbocycles. The van der Waals surface area contributed by atoms with Crippen molar-refractivity contribution in [2.24, 2.45) is 0 Å². The predicted molar refractivity (Wildman–Crippen MR) is 50.8 cm³/mol. The van der Waals surface area contributed by atoms with Crippen LogP contribution in [0, 0.1) is 0 Å². The Labute approximate surface area is 79.3 Å². The van der Waals surface area contributed by atoms with E-state index in [0.29, 0.717) is 19.2 Å². The van der Waals surface area contributed by atoms with E-state index in [1.165, 1.54) is 0 Å². The van der Waals surface area contributed by atoms with E-state index in [2.05, 4.69) is 19.2 Å². The van der Waals surface area contributed by atoms with E-state index in [9.17, 15) is 4.79 Å². The summed E-state index contributed by atoms with van der Waals surface area (Å²) in [7, 11) is 0. The zero-order chi connectivity index (χ0) is 10.1. The Kier molecular flexibility index (Phi) is 7.63. The van der Waals surface area contributed by atoms with Gasteiger partial charge in [-0.2, -0.15) is 0 Å². The van der Waals surface area contributed by atoms with Crippen molar-refractivity contribution in [1.82, 2.24) is 5.32 Å². The van der Waals surface area contributed by atoms with Crippen molar-refractivity contribution in [2.75, 3.05) is 19.8 Å². The molecule has 4 heteroatoms. The van der Waals surface area contributed by atoms with Crippen LogP contribution in [0.25, 0.3) is 0 Å². The van der Waals surface area contributed by atoms with E-state index in [0.717, 1.165) is 12.8 Å². The Balaban J connectivity index is 3.11. The molecule has 0 spiro atoms. The summed E-state index contributed by atoms with van der Waals surface area (Å²) in [5.74, 6) is -0.915. The molecule has 0 saturated carbocycles. The van der Waals surface area contributed by atoms with E-state index in [-0.39, 0.29) is 6.61 Å². The van der Waals surface area contributed by atoms with E-state index in [1.807, 2.05) is 0 Å². The zero-order valence-corrected chi connectivity index (χ0v) is 8.38. The summed E-state index contributed by atoms with van der Waals surface area (Å²) in [4.78, 5) is 10.1. The highest BCUT2D eigenvalue weighted by Crippen LogP contribution is 1.93. The van der Waals surface area contributed by atoms with Crippen molar-refractivity contribution in [3.05, 3.63) is 0 Å². The standard InChI is InChI=1S/C9H19NO3/c1-3-4-8(2)10-5-6-13-7-9(11)12/h8,10H,3-7H2,1-2H3,(H,11,12). The fraction of sp³-hybridized carbons (Fsp3) is 0.889. The maximum absolute atomic E-state index is 10.1. The van der Waals surface area contributed by atoms with Gasteiger partial charge in [-0.3, -0.25) is 0 Å². The fourth-order valence-corrected chi connectivity index (χ4v) is 1.07. The van der Waals surface area contributed by atoms with E-state index >= 15 is 0 Å². The summed E-state index contributed by atoms with van der Waals surface area (Å²) < 4.78 is 4.86. The quantitative estimate of drug-likeness (QED) is 0.556. The van der Waals surface area contributed by atoms with E-state index in [1.54, 1.807) is 0 Å². The van der Waals surface area contributed by atoms with Crippen LogP contribution in [0.4, 0.5) is 0 Å². The summed E-state index contributed by atoms with van der Waals surface area (Å²) >= 11 is 0. The van der Waals surface area contributed by atoms with Crippen LogP contribution >= 0.6 is 0 Å². The highest BCUT2D eigenvalue weighted by atomic mass is 16.5. The van der Waals surface area contributed by atoms with Gasteiger partial charge >= 0.3 is 5.97 Å². The number of carboxylic acids is 1. The second-order valence-electron chi connectivity index (χ2n) is 3.09. The van der Waals surface area contributed by atoms with Gasteiger partial charge < -0.3 is 15.2 Å². The number of rotatable bonds is 8. The van der Waals surface area contributed by atoms with Gasteiger partial charge in [0.1, 0.15) is 6.61 Å². The maximum Gasteiger partial charge on any atom is 0.329 e. The number of carboxylic acid groups (broad SMARTS) is 1. The fourth-order valence-electron chi connectivity index (χ4n) is 1.07. The first-order chi connectivity index (χ1) is 6.16.